The summed E-state index contributed by atoms with van der Waals surface area (Å²) < 4.78 is 26.8. The fourth-order valence-electron chi connectivity index (χ4n) is 1.44. The third-order valence-corrected chi connectivity index (χ3v) is 3.38. The van der Waals surface area contributed by atoms with Gasteiger partial charge in [-0.05, 0) is 17.7 Å². The van der Waals surface area contributed by atoms with Gasteiger partial charge in [0, 0.05) is 13.6 Å². The van der Waals surface area contributed by atoms with Crippen LogP contribution in [0.1, 0.15) is 5.56 Å². The molecule has 0 atom stereocenters. The highest BCUT2D eigenvalue weighted by molar-refractivity contribution is 7.87. The average molecular weight is 256 g/mol. The van der Waals surface area contributed by atoms with E-state index in [0.717, 1.165) is 5.56 Å². The number of fused-ring (bicyclic) bond motifs is 1. The average Bonchev–Trinajstić information content (AvgIpc) is 2.66. The Morgan fingerprint density at radius 2 is 1.94 bits per heavy atom. The van der Waals surface area contributed by atoms with Gasteiger partial charge in [0.25, 0.3) is 10.2 Å². The van der Waals surface area contributed by atoms with E-state index < -0.39 is 10.2 Å². The molecule has 17 heavy (non-hydrogen) atoms. The van der Waals surface area contributed by atoms with Crippen LogP contribution in [0.5, 0.6) is 0 Å². The second kappa shape index (κ2) is 4.32. The Morgan fingerprint density at radius 1 is 1.24 bits per heavy atom. The van der Waals surface area contributed by atoms with Gasteiger partial charge in [0.2, 0.25) is 0 Å². The third kappa shape index (κ3) is 2.73. The molecule has 0 aliphatic rings. The maximum atomic E-state index is 11.2. The summed E-state index contributed by atoms with van der Waals surface area (Å²) in [6.07, 6.45) is 0. The smallest absolute Gasteiger partial charge is 0.306 e. The van der Waals surface area contributed by atoms with Crippen LogP contribution in [0, 0.1) is 0 Å². The van der Waals surface area contributed by atoms with Crippen LogP contribution < -0.4 is 15.1 Å². The van der Waals surface area contributed by atoms with Crippen molar-refractivity contribution in [3.63, 3.8) is 0 Å². The number of aromatic nitrogens is 2. The molecule has 1 aromatic heterocycles. The molecule has 4 N–H and O–H groups in total. The lowest BCUT2D eigenvalue weighted by Gasteiger charge is -2.04. The third-order valence-electron chi connectivity index (χ3n) is 2.32. The predicted octanol–water partition coefficient (Wildman–Crippen LogP) is -0.590. The van der Waals surface area contributed by atoms with Crippen molar-refractivity contribution in [2.45, 2.75) is 6.54 Å². The highest BCUT2D eigenvalue weighted by Crippen LogP contribution is 2.09. The number of imidazole rings is 1. The van der Waals surface area contributed by atoms with Crippen LogP contribution in [0.25, 0.3) is 11.0 Å². The molecular formula is C9H12N4O3S. The van der Waals surface area contributed by atoms with Crippen molar-refractivity contribution in [3.8, 4) is 0 Å². The van der Waals surface area contributed by atoms with Crippen LogP contribution >= 0.6 is 0 Å². The highest BCUT2D eigenvalue weighted by atomic mass is 32.2. The van der Waals surface area contributed by atoms with Crippen molar-refractivity contribution in [3.05, 3.63) is 34.2 Å². The second-order valence-electron chi connectivity index (χ2n) is 3.49. The molecule has 0 spiro atoms. The lowest BCUT2D eigenvalue weighted by atomic mass is 10.2. The molecule has 0 radical (unpaired) electrons. The number of hydrogen-bond donors (Lipinski definition) is 4. The molecule has 0 saturated carbocycles. The van der Waals surface area contributed by atoms with Crippen molar-refractivity contribution in [1.82, 2.24) is 19.4 Å². The fraction of sp³-hybridized carbons (Fsp3) is 0.222. The topological polar surface area (TPSA) is 107 Å². The van der Waals surface area contributed by atoms with E-state index in [1.807, 2.05) is 0 Å². The van der Waals surface area contributed by atoms with Crippen LogP contribution in [0.4, 0.5) is 0 Å². The number of aromatic amines is 2. The van der Waals surface area contributed by atoms with Gasteiger partial charge in [0.15, 0.2) is 0 Å². The first kappa shape index (κ1) is 11.8. The largest absolute Gasteiger partial charge is 0.323 e. The Morgan fingerprint density at radius 3 is 2.65 bits per heavy atom. The van der Waals surface area contributed by atoms with Crippen LogP contribution in [0.15, 0.2) is 23.0 Å². The minimum Gasteiger partial charge on any atom is -0.306 e. The standard InChI is InChI=1S/C9H12N4O3S/c1-10-17(15,16)11-5-6-2-3-7-8(4-6)13-9(14)12-7/h2-4,10-11H,5H2,1H3,(H2,12,13,14). The summed E-state index contributed by atoms with van der Waals surface area (Å²) in [7, 11) is -2.12. The molecule has 1 heterocycles. The zero-order chi connectivity index (χ0) is 12.5. The summed E-state index contributed by atoms with van der Waals surface area (Å²) in [5, 5.41) is 0. The first-order chi connectivity index (χ1) is 8.00. The van der Waals surface area contributed by atoms with E-state index in [1.54, 1.807) is 18.2 Å². The van der Waals surface area contributed by atoms with Gasteiger partial charge in [-0.15, -0.1) is 0 Å². The minimum atomic E-state index is -3.45. The van der Waals surface area contributed by atoms with Gasteiger partial charge >= 0.3 is 5.69 Å². The predicted molar refractivity (Wildman–Crippen MR) is 63.7 cm³/mol. The minimum absolute atomic E-state index is 0.159. The van der Waals surface area contributed by atoms with Gasteiger partial charge in [-0.2, -0.15) is 13.1 Å². The molecule has 0 bridgehead atoms. The molecule has 0 aliphatic heterocycles. The van der Waals surface area contributed by atoms with Crippen molar-refractivity contribution in [1.29, 1.82) is 0 Å². The molecule has 0 fully saturated rings. The summed E-state index contributed by atoms with van der Waals surface area (Å²) in [6, 6.07) is 5.17. The number of H-pyrrole nitrogens is 2. The molecule has 0 unspecified atom stereocenters. The molecule has 8 heteroatoms. The molecule has 2 aromatic rings. The Bertz CT molecular complexity index is 686. The van der Waals surface area contributed by atoms with E-state index in [4.69, 9.17) is 0 Å². The summed E-state index contributed by atoms with van der Waals surface area (Å²) in [6.45, 7) is 0.159. The van der Waals surface area contributed by atoms with Crippen LogP contribution in [0.3, 0.4) is 0 Å². The lowest BCUT2D eigenvalue weighted by molar-refractivity contribution is 0.573. The number of rotatable bonds is 4. The Kier molecular flexibility index (Phi) is 3.01. The van der Waals surface area contributed by atoms with E-state index in [2.05, 4.69) is 19.4 Å². The van der Waals surface area contributed by atoms with Crippen molar-refractivity contribution < 1.29 is 8.42 Å². The molecule has 7 nitrogen and oxygen atoms in total. The zero-order valence-electron chi connectivity index (χ0n) is 9.07. The quantitative estimate of drug-likeness (QED) is 0.587. The van der Waals surface area contributed by atoms with Gasteiger partial charge in [-0.25, -0.2) is 9.52 Å². The Hall–Kier alpha value is -1.64. The van der Waals surface area contributed by atoms with E-state index in [1.165, 1.54) is 7.05 Å². The second-order valence-corrected chi connectivity index (χ2v) is 5.19. The number of benzene rings is 1. The molecule has 2 rings (SSSR count). The first-order valence-electron chi connectivity index (χ1n) is 4.89. The van der Waals surface area contributed by atoms with E-state index >= 15 is 0 Å². The van der Waals surface area contributed by atoms with E-state index in [-0.39, 0.29) is 12.2 Å². The molecular weight excluding hydrogens is 244 g/mol. The Labute approximate surface area is 97.4 Å². The molecule has 1 aromatic carbocycles. The van der Waals surface area contributed by atoms with Gasteiger partial charge in [0.05, 0.1) is 11.0 Å². The van der Waals surface area contributed by atoms with Crippen LogP contribution in [0.2, 0.25) is 0 Å². The first-order valence-corrected chi connectivity index (χ1v) is 6.37. The van der Waals surface area contributed by atoms with E-state index in [0.29, 0.717) is 11.0 Å². The summed E-state index contributed by atoms with van der Waals surface area (Å²) >= 11 is 0. The normalized spacial score (nSPS) is 12.1. The molecule has 0 saturated heterocycles. The zero-order valence-corrected chi connectivity index (χ0v) is 9.89. The van der Waals surface area contributed by atoms with Crippen molar-refractivity contribution in [2.24, 2.45) is 0 Å². The monoisotopic (exact) mass is 256 g/mol. The summed E-state index contributed by atoms with van der Waals surface area (Å²) in [5.41, 5.74) is 1.81. The molecule has 0 amide bonds. The lowest BCUT2D eigenvalue weighted by Crippen LogP contribution is -2.33. The number of hydrogen-bond acceptors (Lipinski definition) is 3. The Balaban J connectivity index is 2.22. The molecule has 92 valence electrons. The maximum absolute atomic E-state index is 11.2. The van der Waals surface area contributed by atoms with Crippen LogP contribution in [-0.4, -0.2) is 25.4 Å². The highest BCUT2D eigenvalue weighted by Gasteiger charge is 2.06. The maximum Gasteiger partial charge on any atom is 0.323 e. The fourth-order valence-corrected chi connectivity index (χ4v) is 1.94. The van der Waals surface area contributed by atoms with Gasteiger partial charge in [0.1, 0.15) is 0 Å². The number of nitrogens with one attached hydrogen (secondary N) is 4. The van der Waals surface area contributed by atoms with Crippen molar-refractivity contribution in [2.75, 3.05) is 7.05 Å². The van der Waals surface area contributed by atoms with Gasteiger partial charge < -0.3 is 9.97 Å². The molecule has 0 aliphatic carbocycles. The van der Waals surface area contributed by atoms with Crippen LogP contribution in [-0.2, 0) is 16.8 Å². The SMILES string of the molecule is CNS(=O)(=O)NCc1ccc2[nH]c(=O)[nH]c2c1. The van der Waals surface area contributed by atoms with Crippen molar-refractivity contribution >= 4 is 21.2 Å². The van der Waals surface area contributed by atoms with Gasteiger partial charge in [-0.3, -0.25) is 0 Å². The van der Waals surface area contributed by atoms with Gasteiger partial charge in [-0.1, -0.05) is 6.07 Å². The summed E-state index contributed by atoms with van der Waals surface area (Å²) in [4.78, 5) is 16.2. The van der Waals surface area contributed by atoms with E-state index in [9.17, 15) is 13.2 Å². The summed E-state index contributed by atoms with van der Waals surface area (Å²) in [5.74, 6) is 0.